The molecular formula is C14H20N2O. The van der Waals surface area contributed by atoms with Crippen molar-refractivity contribution in [2.24, 2.45) is 0 Å². The molecule has 0 bridgehead atoms. The van der Waals surface area contributed by atoms with E-state index in [0.29, 0.717) is 0 Å². The number of fused-ring (bicyclic) bond motifs is 1. The van der Waals surface area contributed by atoms with Crippen molar-refractivity contribution in [2.75, 3.05) is 0 Å². The van der Waals surface area contributed by atoms with E-state index >= 15 is 0 Å². The zero-order chi connectivity index (χ0) is 12.8. The largest absolute Gasteiger partial charge is 0.337 e. The summed E-state index contributed by atoms with van der Waals surface area (Å²) in [5, 5.41) is 7.72. The molecule has 3 nitrogen and oxygen atoms in total. The van der Waals surface area contributed by atoms with E-state index in [2.05, 4.69) is 64.0 Å². The van der Waals surface area contributed by atoms with Gasteiger partial charge in [-0.2, -0.15) is 0 Å². The molecule has 0 amide bonds. The minimum Gasteiger partial charge on any atom is -0.337 e. The average Bonchev–Trinajstić information content (AvgIpc) is 2.59. The molecule has 0 atom stereocenters. The topological polar surface area (TPSA) is 38.9 Å². The highest BCUT2D eigenvalue weighted by Crippen LogP contribution is 2.34. The number of hydrogen-bond acceptors (Lipinski definition) is 3. The van der Waals surface area contributed by atoms with Crippen LogP contribution in [0.3, 0.4) is 0 Å². The zero-order valence-electron chi connectivity index (χ0n) is 11.5. The quantitative estimate of drug-likeness (QED) is 0.693. The van der Waals surface area contributed by atoms with E-state index < -0.39 is 0 Å². The fraction of sp³-hybridized carbons (Fsp3) is 0.571. The van der Waals surface area contributed by atoms with Crippen molar-refractivity contribution >= 4 is 11.1 Å². The van der Waals surface area contributed by atoms with Gasteiger partial charge in [0, 0.05) is 10.8 Å². The van der Waals surface area contributed by atoms with Crippen molar-refractivity contribution in [3.8, 4) is 0 Å². The molecular weight excluding hydrogens is 212 g/mol. The second-order valence-corrected chi connectivity index (χ2v) is 6.64. The maximum atomic E-state index is 5.28. The molecule has 2 aromatic rings. The summed E-state index contributed by atoms with van der Waals surface area (Å²) in [5.74, 6) is 0. The minimum absolute atomic E-state index is 0.0285. The smallest absolute Gasteiger partial charge is 0.191 e. The lowest BCUT2D eigenvalue weighted by atomic mass is 9.80. The fourth-order valence-corrected chi connectivity index (χ4v) is 1.88. The Morgan fingerprint density at radius 2 is 1.59 bits per heavy atom. The summed E-state index contributed by atoms with van der Waals surface area (Å²) in [6.07, 6.45) is 0. The molecule has 0 unspecified atom stereocenters. The molecule has 0 saturated carbocycles. The second-order valence-electron chi connectivity index (χ2n) is 6.64. The molecule has 0 N–H and O–H groups in total. The van der Waals surface area contributed by atoms with Crippen molar-refractivity contribution < 1.29 is 4.52 Å². The Hall–Kier alpha value is -1.38. The Labute approximate surface area is 102 Å². The maximum absolute atomic E-state index is 5.28. The second kappa shape index (κ2) is 3.56. The lowest BCUT2D eigenvalue weighted by molar-refractivity contribution is 0.416. The van der Waals surface area contributed by atoms with E-state index in [1.807, 2.05) is 0 Å². The molecule has 1 aromatic carbocycles. The summed E-state index contributed by atoms with van der Waals surface area (Å²) in [6, 6.07) is 4.29. The third kappa shape index (κ3) is 2.19. The van der Waals surface area contributed by atoms with Crippen LogP contribution in [-0.4, -0.2) is 10.4 Å². The predicted molar refractivity (Wildman–Crippen MR) is 69.2 cm³/mol. The Morgan fingerprint density at radius 3 is 2.12 bits per heavy atom. The highest BCUT2D eigenvalue weighted by atomic mass is 16.5. The van der Waals surface area contributed by atoms with Crippen LogP contribution in [0.25, 0.3) is 11.1 Å². The van der Waals surface area contributed by atoms with Crippen LogP contribution in [0, 0.1) is 0 Å². The number of aromatic nitrogens is 2. The Balaban J connectivity index is 2.76. The standard InChI is InChI=1S/C14H20N2O/c1-13(2,3)9-7-10(14(4,5)6)12-11(8-9)15-16-17-12/h7-8H,1-6H3. The minimum atomic E-state index is 0.0285. The lowest BCUT2D eigenvalue weighted by Gasteiger charge is -2.24. The van der Waals surface area contributed by atoms with Crippen LogP contribution in [0.15, 0.2) is 16.7 Å². The zero-order valence-corrected chi connectivity index (χ0v) is 11.5. The third-order valence-corrected chi connectivity index (χ3v) is 3.02. The number of rotatable bonds is 0. The summed E-state index contributed by atoms with van der Waals surface area (Å²) in [5.41, 5.74) is 4.23. The molecule has 92 valence electrons. The van der Waals surface area contributed by atoms with Gasteiger partial charge in [0.15, 0.2) is 5.58 Å². The molecule has 0 aliphatic carbocycles. The first kappa shape index (κ1) is 12.1. The van der Waals surface area contributed by atoms with E-state index in [4.69, 9.17) is 4.52 Å². The van der Waals surface area contributed by atoms with Crippen LogP contribution in [0.5, 0.6) is 0 Å². The molecule has 0 saturated heterocycles. The third-order valence-electron chi connectivity index (χ3n) is 3.02. The van der Waals surface area contributed by atoms with E-state index in [0.717, 1.165) is 11.1 Å². The van der Waals surface area contributed by atoms with E-state index in [1.165, 1.54) is 11.1 Å². The molecule has 0 radical (unpaired) electrons. The van der Waals surface area contributed by atoms with Gasteiger partial charge in [0.05, 0.1) is 0 Å². The molecule has 0 fully saturated rings. The van der Waals surface area contributed by atoms with Gasteiger partial charge in [0.25, 0.3) is 0 Å². The van der Waals surface area contributed by atoms with Gasteiger partial charge in [-0.3, -0.25) is 0 Å². The first-order valence-corrected chi connectivity index (χ1v) is 5.97. The molecule has 2 rings (SSSR count). The highest BCUT2D eigenvalue weighted by Gasteiger charge is 2.24. The SMILES string of the molecule is CC(C)(C)c1cc(C(C)(C)C)c2onnc2c1. The predicted octanol–water partition coefficient (Wildman–Crippen LogP) is 3.82. The molecule has 3 heteroatoms. The summed E-state index contributed by atoms with van der Waals surface area (Å²) >= 11 is 0. The first-order valence-electron chi connectivity index (χ1n) is 5.97. The van der Waals surface area contributed by atoms with Crippen LogP contribution in [0.4, 0.5) is 0 Å². The van der Waals surface area contributed by atoms with Gasteiger partial charge < -0.3 is 4.52 Å². The normalized spacial score (nSPS) is 13.3. The molecule has 0 aliphatic heterocycles. The van der Waals surface area contributed by atoms with Gasteiger partial charge in [0.2, 0.25) is 0 Å². The molecule has 0 spiro atoms. The average molecular weight is 232 g/mol. The summed E-state index contributed by atoms with van der Waals surface area (Å²) in [7, 11) is 0. The van der Waals surface area contributed by atoms with E-state index in [9.17, 15) is 0 Å². The van der Waals surface area contributed by atoms with Gasteiger partial charge >= 0.3 is 0 Å². The Morgan fingerprint density at radius 1 is 0.941 bits per heavy atom. The summed E-state index contributed by atoms with van der Waals surface area (Å²) in [6.45, 7) is 13.1. The van der Waals surface area contributed by atoms with Gasteiger partial charge in [-0.1, -0.05) is 47.6 Å². The Bertz CT molecular complexity index is 541. The maximum Gasteiger partial charge on any atom is 0.191 e. The Kier molecular flexibility index (Phi) is 2.53. The summed E-state index contributed by atoms with van der Waals surface area (Å²) < 4.78 is 5.28. The van der Waals surface area contributed by atoms with Crippen LogP contribution >= 0.6 is 0 Å². The van der Waals surface area contributed by atoms with E-state index in [1.54, 1.807) is 0 Å². The highest BCUT2D eigenvalue weighted by molar-refractivity contribution is 5.78. The van der Waals surface area contributed by atoms with Gasteiger partial charge in [-0.05, 0) is 22.5 Å². The molecule has 1 heterocycles. The lowest BCUT2D eigenvalue weighted by Crippen LogP contribution is -2.16. The van der Waals surface area contributed by atoms with Crippen LogP contribution in [-0.2, 0) is 10.8 Å². The van der Waals surface area contributed by atoms with Gasteiger partial charge in [-0.25, -0.2) is 0 Å². The van der Waals surface area contributed by atoms with E-state index in [-0.39, 0.29) is 10.8 Å². The molecule has 17 heavy (non-hydrogen) atoms. The number of benzene rings is 1. The van der Waals surface area contributed by atoms with Crippen molar-refractivity contribution in [3.05, 3.63) is 23.3 Å². The first-order chi connectivity index (χ1) is 7.69. The van der Waals surface area contributed by atoms with Gasteiger partial charge in [-0.15, -0.1) is 5.10 Å². The van der Waals surface area contributed by atoms with Crippen LogP contribution < -0.4 is 0 Å². The van der Waals surface area contributed by atoms with Crippen molar-refractivity contribution in [2.45, 2.75) is 52.4 Å². The van der Waals surface area contributed by atoms with Crippen LogP contribution in [0.1, 0.15) is 52.7 Å². The monoisotopic (exact) mass is 232 g/mol. The number of nitrogens with zero attached hydrogens (tertiary/aromatic N) is 2. The van der Waals surface area contributed by atoms with Crippen LogP contribution in [0.2, 0.25) is 0 Å². The van der Waals surface area contributed by atoms with Gasteiger partial charge in [0.1, 0.15) is 5.52 Å². The number of hydrogen-bond donors (Lipinski definition) is 0. The summed E-state index contributed by atoms with van der Waals surface area (Å²) in [4.78, 5) is 0. The molecule has 1 aromatic heterocycles. The molecule has 0 aliphatic rings. The fourth-order valence-electron chi connectivity index (χ4n) is 1.88. The van der Waals surface area contributed by atoms with Crippen molar-refractivity contribution in [3.63, 3.8) is 0 Å². The van der Waals surface area contributed by atoms with Crippen molar-refractivity contribution in [1.82, 2.24) is 10.4 Å². The van der Waals surface area contributed by atoms with Crippen molar-refractivity contribution in [1.29, 1.82) is 0 Å².